The molecule has 1 fully saturated rings. The van der Waals surface area contributed by atoms with Crippen LogP contribution in [-0.4, -0.2) is 11.9 Å². The number of nitrogens with two attached hydrogens (primary N) is 1. The highest BCUT2D eigenvalue weighted by atomic mass is 16.1. The van der Waals surface area contributed by atoms with Crippen molar-refractivity contribution in [1.29, 1.82) is 0 Å². The van der Waals surface area contributed by atoms with E-state index in [2.05, 4.69) is 12.2 Å². The van der Waals surface area contributed by atoms with E-state index in [0.29, 0.717) is 24.9 Å². The van der Waals surface area contributed by atoms with Crippen molar-refractivity contribution in [2.45, 2.75) is 45.2 Å². The third-order valence-electron chi connectivity index (χ3n) is 3.83. The summed E-state index contributed by atoms with van der Waals surface area (Å²) in [6, 6.07) is 8.32. The Kier molecular flexibility index (Phi) is 4.37. The zero-order valence-electron chi connectivity index (χ0n) is 11.0. The molecule has 2 rings (SSSR count). The van der Waals surface area contributed by atoms with Gasteiger partial charge in [-0.25, -0.2) is 0 Å². The first kappa shape index (κ1) is 13.1. The number of rotatable bonds is 4. The first-order chi connectivity index (χ1) is 8.69. The fraction of sp³-hybridized carbons (Fsp3) is 0.533. The lowest BCUT2D eigenvalue weighted by atomic mass is 10.1. The molecule has 1 amide bonds. The number of nitrogens with one attached hydrogen (secondary N) is 1. The first-order valence-electron chi connectivity index (χ1n) is 6.76. The van der Waals surface area contributed by atoms with Crippen molar-refractivity contribution in [3.05, 3.63) is 35.4 Å². The van der Waals surface area contributed by atoms with E-state index in [9.17, 15) is 4.79 Å². The molecule has 98 valence electrons. The Labute approximate surface area is 109 Å². The van der Waals surface area contributed by atoms with Gasteiger partial charge >= 0.3 is 0 Å². The second-order valence-corrected chi connectivity index (χ2v) is 5.28. The van der Waals surface area contributed by atoms with Crippen LogP contribution in [0, 0.1) is 5.92 Å². The smallest absolute Gasteiger partial charge is 0.224 e. The monoisotopic (exact) mass is 246 g/mol. The third-order valence-corrected chi connectivity index (χ3v) is 3.83. The topological polar surface area (TPSA) is 55.1 Å². The van der Waals surface area contributed by atoms with Crippen LogP contribution in [0.2, 0.25) is 0 Å². The van der Waals surface area contributed by atoms with Gasteiger partial charge in [-0.3, -0.25) is 4.79 Å². The summed E-state index contributed by atoms with van der Waals surface area (Å²) in [6.07, 6.45) is 4.06. The van der Waals surface area contributed by atoms with Gasteiger partial charge in [0.05, 0.1) is 6.42 Å². The van der Waals surface area contributed by atoms with Gasteiger partial charge in [0.2, 0.25) is 5.91 Å². The number of amides is 1. The second-order valence-electron chi connectivity index (χ2n) is 5.28. The van der Waals surface area contributed by atoms with E-state index in [1.165, 1.54) is 12.8 Å². The first-order valence-corrected chi connectivity index (χ1v) is 6.76. The Morgan fingerprint density at radius 3 is 2.50 bits per heavy atom. The highest BCUT2D eigenvalue weighted by Gasteiger charge is 2.24. The van der Waals surface area contributed by atoms with Gasteiger partial charge in [-0.1, -0.05) is 37.6 Å². The maximum absolute atomic E-state index is 11.9. The van der Waals surface area contributed by atoms with Crippen LogP contribution in [0.1, 0.15) is 37.3 Å². The molecule has 0 spiro atoms. The minimum atomic E-state index is 0.134. The molecule has 18 heavy (non-hydrogen) atoms. The predicted molar refractivity (Wildman–Crippen MR) is 73.0 cm³/mol. The van der Waals surface area contributed by atoms with Crippen molar-refractivity contribution in [1.82, 2.24) is 5.32 Å². The average molecular weight is 246 g/mol. The van der Waals surface area contributed by atoms with Crippen molar-refractivity contribution in [2.75, 3.05) is 0 Å². The summed E-state index contributed by atoms with van der Waals surface area (Å²) in [5.41, 5.74) is 7.70. The summed E-state index contributed by atoms with van der Waals surface area (Å²) in [4.78, 5) is 11.9. The van der Waals surface area contributed by atoms with Crippen LogP contribution >= 0.6 is 0 Å². The van der Waals surface area contributed by atoms with E-state index in [1.54, 1.807) is 0 Å². The Morgan fingerprint density at radius 1 is 1.28 bits per heavy atom. The molecule has 0 aromatic heterocycles. The number of hydrogen-bond acceptors (Lipinski definition) is 2. The van der Waals surface area contributed by atoms with Crippen LogP contribution in [-0.2, 0) is 17.8 Å². The molecule has 3 N–H and O–H groups in total. The Hall–Kier alpha value is -1.35. The molecule has 3 nitrogen and oxygen atoms in total. The van der Waals surface area contributed by atoms with E-state index >= 15 is 0 Å². The van der Waals surface area contributed by atoms with E-state index < -0.39 is 0 Å². The summed E-state index contributed by atoms with van der Waals surface area (Å²) in [5, 5.41) is 3.14. The largest absolute Gasteiger partial charge is 0.353 e. The van der Waals surface area contributed by atoms with Crippen molar-refractivity contribution in [3.63, 3.8) is 0 Å². The summed E-state index contributed by atoms with van der Waals surface area (Å²) in [5.74, 6) is 0.753. The molecule has 0 bridgehead atoms. The van der Waals surface area contributed by atoms with Gasteiger partial charge in [0.25, 0.3) is 0 Å². The molecule has 3 heteroatoms. The SMILES string of the molecule is CC1CCCC1NC(=O)Cc1ccc(CN)cc1. The van der Waals surface area contributed by atoms with Crippen molar-refractivity contribution in [3.8, 4) is 0 Å². The molecule has 1 aromatic rings. The predicted octanol–water partition coefficient (Wildman–Crippen LogP) is 1.99. The van der Waals surface area contributed by atoms with E-state index in [1.807, 2.05) is 24.3 Å². The third kappa shape index (κ3) is 3.33. The second kappa shape index (κ2) is 6.01. The van der Waals surface area contributed by atoms with Crippen molar-refractivity contribution in [2.24, 2.45) is 11.7 Å². The Balaban J connectivity index is 1.86. The molecule has 0 heterocycles. The van der Waals surface area contributed by atoms with Gasteiger partial charge in [-0.2, -0.15) is 0 Å². The zero-order chi connectivity index (χ0) is 13.0. The van der Waals surface area contributed by atoms with E-state index in [4.69, 9.17) is 5.73 Å². The molecule has 2 atom stereocenters. The number of hydrogen-bond donors (Lipinski definition) is 2. The number of carbonyl (C=O) groups is 1. The summed E-state index contributed by atoms with van der Waals surface area (Å²) >= 11 is 0. The molecule has 0 radical (unpaired) electrons. The van der Waals surface area contributed by atoms with E-state index in [-0.39, 0.29) is 5.91 Å². The van der Waals surface area contributed by atoms with Crippen LogP contribution in [0.4, 0.5) is 0 Å². The molecule has 1 aromatic carbocycles. The van der Waals surface area contributed by atoms with Crippen LogP contribution in [0.5, 0.6) is 0 Å². The summed E-state index contributed by atoms with van der Waals surface area (Å²) < 4.78 is 0. The molecule has 0 saturated heterocycles. The number of carbonyl (C=O) groups excluding carboxylic acids is 1. The Morgan fingerprint density at radius 2 is 1.94 bits per heavy atom. The summed E-state index contributed by atoms with van der Waals surface area (Å²) in [6.45, 7) is 2.76. The zero-order valence-corrected chi connectivity index (χ0v) is 11.0. The average Bonchev–Trinajstić information content (AvgIpc) is 2.76. The molecule has 1 aliphatic carbocycles. The lowest BCUT2D eigenvalue weighted by molar-refractivity contribution is -0.121. The molecule has 0 aliphatic heterocycles. The maximum atomic E-state index is 11.9. The highest BCUT2D eigenvalue weighted by Crippen LogP contribution is 2.24. The van der Waals surface area contributed by atoms with Gasteiger partial charge in [-0.05, 0) is 29.9 Å². The van der Waals surface area contributed by atoms with E-state index in [0.717, 1.165) is 17.5 Å². The van der Waals surface area contributed by atoms with Gasteiger partial charge in [0.15, 0.2) is 0 Å². The lowest BCUT2D eigenvalue weighted by Gasteiger charge is -2.17. The molecular weight excluding hydrogens is 224 g/mol. The molecule has 1 saturated carbocycles. The fourth-order valence-electron chi connectivity index (χ4n) is 2.60. The van der Waals surface area contributed by atoms with Gasteiger partial charge in [-0.15, -0.1) is 0 Å². The number of benzene rings is 1. The minimum Gasteiger partial charge on any atom is -0.353 e. The Bertz CT molecular complexity index is 399. The fourth-order valence-corrected chi connectivity index (χ4v) is 2.60. The quantitative estimate of drug-likeness (QED) is 0.853. The highest BCUT2D eigenvalue weighted by molar-refractivity contribution is 5.78. The van der Waals surface area contributed by atoms with Gasteiger partial charge in [0, 0.05) is 12.6 Å². The maximum Gasteiger partial charge on any atom is 0.224 e. The van der Waals surface area contributed by atoms with Gasteiger partial charge in [0.1, 0.15) is 0 Å². The standard InChI is InChI=1S/C15H22N2O/c1-11-3-2-4-14(11)17-15(18)9-12-5-7-13(10-16)8-6-12/h5-8,11,14H,2-4,9-10,16H2,1H3,(H,17,18). The molecule has 1 aliphatic rings. The normalized spacial score (nSPS) is 23.0. The minimum absolute atomic E-state index is 0.134. The van der Waals surface area contributed by atoms with Crippen molar-refractivity contribution < 1.29 is 4.79 Å². The lowest BCUT2D eigenvalue weighted by Crippen LogP contribution is -2.37. The van der Waals surface area contributed by atoms with Crippen LogP contribution in [0.25, 0.3) is 0 Å². The molecular formula is C15H22N2O. The molecule has 2 unspecified atom stereocenters. The van der Waals surface area contributed by atoms with Crippen LogP contribution in [0.3, 0.4) is 0 Å². The van der Waals surface area contributed by atoms with Crippen LogP contribution < -0.4 is 11.1 Å². The van der Waals surface area contributed by atoms with Gasteiger partial charge < -0.3 is 11.1 Å². The van der Waals surface area contributed by atoms with Crippen molar-refractivity contribution >= 4 is 5.91 Å². The van der Waals surface area contributed by atoms with Crippen LogP contribution in [0.15, 0.2) is 24.3 Å². The summed E-state index contributed by atoms with van der Waals surface area (Å²) in [7, 11) is 0.